The summed E-state index contributed by atoms with van der Waals surface area (Å²) in [5, 5.41) is 19.2. The highest BCUT2D eigenvalue weighted by atomic mass is 19.1. The van der Waals surface area contributed by atoms with Crippen LogP contribution in [0.3, 0.4) is 0 Å². The van der Waals surface area contributed by atoms with E-state index in [0.717, 1.165) is 12.1 Å². The number of aliphatic carboxylic acids is 2. The average molecular weight is 270 g/mol. The number of rotatable bonds is 5. The van der Waals surface area contributed by atoms with Gasteiger partial charge in [-0.3, -0.25) is 9.59 Å². The van der Waals surface area contributed by atoms with Crippen molar-refractivity contribution in [2.45, 2.75) is 12.5 Å². The molecule has 102 valence electrons. The summed E-state index contributed by atoms with van der Waals surface area (Å²) in [5.74, 6) is -4.86. The second-order valence-corrected chi connectivity index (χ2v) is 3.70. The van der Waals surface area contributed by atoms with Crippen molar-refractivity contribution in [1.29, 1.82) is 0 Å². The number of nitrogen functional groups attached to an aromatic ring is 1. The zero-order valence-electron chi connectivity index (χ0n) is 9.59. The fourth-order valence-electron chi connectivity index (χ4n) is 1.33. The maximum atomic E-state index is 13.4. The first-order valence-corrected chi connectivity index (χ1v) is 5.11. The van der Waals surface area contributed by atoms with Gasteiger partial charge in [0.25, 0.3) is 5.91 Å². The molecule has 0 aliphatic heterocycles. The first-order chi connectivity index (χ1) is 8.81. The molecule has 5 N–H and O–H groups in total. The Bertz CT molecular complexity index is 532. The number of benzene rings is 1. The second-order valence-electron chi connectivity index (χ2n) is 3.70. The molecular weight excluding hydrogens is 259 g/mol. The quantitative estimate of drug-likeness (QED) is 0.560. The molecule has 0 radical (unpaired) electrons. The smallest absolute Gasteiger partial charge is 0.326 e. The van der Waals surface area contributed by atoms with Crippen molar-refractivity contribution in [3.05, 3.63) is 29.6 Å². The number of nitrogens with two attached hydrogens (primary N) is 1. The predicted octanol–water partition coefficient (Wildman–Crippen LogP) is 0.0656. The molecule has 7 nitrogen and oxygen atoms in total. The summed E-state index contributed by atoms with van der Waals surface area (Å²) < 4.78 is 13.4. The van der Waals surface area contributed by atoms with E-state index in [9.17, 15) is 18.8 Å². The summed E-state index contributed by atoms with van der Waals surface area (Å²) in [6.45, 7) is 0. The Kier molecular flexibility index (Phi) is 4.41. The maximum Gasteiger partial charge on any atom is 0.326 e. The van der Waals surface area contributed by atoms with Crippen LogP contribution in [-0.4, -0.2) is 34.1 Å². The molecule has 0 aliphatic carbocycles. The van der Waals surface area contributed by atoms with Crippen molar-refractivity contribution < 1.29 is 29.0 Å². The number of anilines is 1. The van der Waals surface area contributed by atoms with Crippen molar-refractivity contribution in [1.82, 2.24) is 5.32 Å². The lowest BCUT2D eigenvalue weighted by Gasteiger charge is -2.12. The number of nitrogens with one attached hydrogen (secondary N) is 1. The molecule has 1 unspecified atom stereocenters. The van der Waals surface area contributed by atoms with E-state index in [2.05, 4.69) is 0 Å². The van der Waals surface area contributed by atoms with Gasteiger partial charge in [0.05, 0.1) is 12.0 Å². The van der Waals surface area contributed by atoms with Crippen LogP contribution >= 0.6 is 0 Å². The van der Waals surface area contributed by atoms with Gasteiger partial charge in [-0.15, -0.1) is 0 Å². The van der Waals surface area contributed by atoms with Gasteiger partial charge in [0.1, 0.15) is 11.9 Å². The van der Waals surface area contributed by atoms with Gasteiger partial charge in [-0.05, 0) is 18.2 Å². The summed E-state index contributed by atoms with van der Waals surface area (Å²) in [6.07, 6.45) is -0.808. The first kappa shape index (κ1) is 14.4. The van der Waals surface area contributed by atoms with Gasteiger partial charge in [-0.1, -0.05) is 0 Å². The van der Waals surface area contributed by atoms with Gasteiger partial charge in [-0.2, -0.15) is 0 Å². The van der Waals surface area contributed by atoms with E-state index in [1.807, 2.05) is 5.32 Å². The van der Waals surface area contributed by atoms with Gasteiger partial charge in [0.2, 0.25) is 0 Å². The number of carboxylic acid groups (broad SMARTS) is 2. The molecule has 1 atom stereocenters. The zero-order chi connectivity index (χ0) is 14.6. The second kappa shape index (κ2) is 5.80. The van der Waals surface area contributed by atoms with Crippen molar-refractivity contribution in [2.24, 2.45) is 0 Å². The molecular formula is C11H11FN2O5. The molecule has 0 heterocycles. The number of amides is 1. The topological polar surface area (TPSA) is 130 Å². The van der Waals surface area contributed by atoms with Crippen molar-refractivity contribution in [2.75, 3.05) is 5.73 Å². The largest absolute Gasteiger partial charge is 0.481 e. The molecule has 1 amide bonds. The molecule has 0 saturated heterocycles. The number of hydrogen-bond acceptors (Lipinski definition) is 4. The Morgan fingerprint density at radius 3 is 2.42 bits per heavy atom. The molecule has 8 heteroatoms. The Morgan fingerprint density at radius 2 is 1.95 bits per heavy atom. The van der Waals surface area contributed by atoms with Crippen LogP contribution in [0.4, 0.5) is 10.1 Å². The molecule has 19 heavy (non-hydrogen) atoms. The van der Waals surface area contributed by atoms with Gasteiger partial charge < -0.3 is 21.3 Å². The average Bonchev–Trinajstić information content (AvgIpc) is 2.26. The maximum absolute atomic E-state index is 13.4. The van der Waals surface area contributed by atoms with Gasteiger partial charge in [0.15, 0.2) is 0 Å². The summed E-state index contributed by atoms with van der Waals surface area (Å²) in [4.78, 5) is 32.8. The third kappa shape index (κ3) is 3.95. The standard InChI is InChI=1S/C11H11FN2O5/c12-7-3-5(13)1-2-6(7)10(17)14-8(11(18)19)4-9(15)16/h1-3,8H,4,13H2,(H,14,17)(H,15,16)(H,18,19). The fourth-order valence-corrected chi connectivity index (χ4v) is 1.33. The summed E-state index contributed by atoms with van der Waals surface area (Å²) in [6, 6.07) is 1.62. The van der Waals surface area contributed by atoms with Crippen LogP contribution in [0, 0.1) is 5.82 Å². The molecule has 1 aromatic carbocycles. The molecule has 0 aliphatic rings. The van der Waals surface area contributed by atoms with Crippen LogP contribution in [0.5, 0.6) is 0 Å². The Morgan fingerprint density at radius 1 is 1.32 bits per heavy atom. The SMILES string of the molecule is Nc1ccc(C(=O)NC(CC(=O)O)C(=O)O)c(F)c1. The lowest BCUT2D eigenvalue weighted by molar-refractivity contribution is -0.145. The summed E-state index contributed by atoms with van der Waals surface area (Å²) in [5.41, 5.74) is 4.99. The molecule has 0 spiro atoms. The van der Waals surface area contributed by atoms with E-state index in [1.165, 1.54) is 6.07 Å². The molecule has 0 aromatic heterocycles. The van der Waals surface area contributed by atoms with Crippen molar-refractivity contribution >= 4 is 23.5 Å². The van der Waals surface area contributed by atoms with E-state index >= 15 is 0 Å². The van der Waals surface area contributed by atoms with Crippen molar-refractivity contribution in [3.8, 4) is 0 Å². The Hall–Kier alpha value is -2.64. The van der Waals surface area contributed by atoms with Gasteiger partial charge in [0, 0.05) is 5.69 Å². The minimum Gasteiger partial charge on any atom is -0.481 e. The normalized spacial score (nSPS) is 11.6. The predicted molar refractivity (Wildman–Crippen MR) is 62.0 cm³/mol. The number of carbonyl (C=O) groups is 3. The first-order valence-electron chi connectivity index (χ1n) is 5.11. The van der Waals surface area contributed by atoms with E-state index in [0.29, 0.717) is 0 Å². The third-order valence-electron chi connectivity index (χ3n) is 2.22. The van der Waals surface area contributed by atoms with E-state index in [-0.39, 0.29) is 5.69 Å². The third-order valence-corrected chi connectivity index (χ3v) is 2.22. The summed E-state index contributed by atoms with van der Waals surface area (Å²) in [7, 11) is 0. The van der Waals surface area contributed by atoms with E-state index in [4.69, 9.17) is 15.9 Å². The van der Waals surface area contributed by atoms with Crippen LogP contribution in [0.1, 0.15) is 16.8 Å². The van der Waals surface area contributed by atoms with Crippen LogP contribution < -0.4 is 11.1 Å². The number of hydrogen-bond donors (Lipinski definition) is 4. The lowest BCUT2D eigenvalue weighted by atomic mass is 10.1. The highest BCUT2D eigenvalue weighted by molar-refractivity contribution is 5.97. The molecule has 0 saturated carbocycles. The Labute approximate surface area is 106 Å². The van der Waals surface area contributed by atoms with Crippen LogP contribution in [0.25, 0.3) is 0 Å². The fraction of sp³-hybridized carbons (Fsp3) is 0.182. The van der Waals surface area contributed by atoms with E-state index < -0.39 is 41.7 Å². The van der Waals surface area contributed by atoms with Gasteiger partial charge in [-0.25, -0.2) is 9.18 Å². The molecule has 0 bridgehead atoms. The number of carbonyl (C=O) groups excluding carboxylic acids is 1. The van der Waals surface area contributed by atoms with Crippen LogP contribution in [-0.2, 0) is 9.59 Å². The summed E-state index contributed by atoms with van der Waals surface area (Å²) >= 11 is 0. The Balaban J connectivity index is 2.87. The molecule has 0 fully saturated rings. The van der Waals surface area contributed by atoms with Crippen LogP contribution in [0.15, 0.2) is 18.2 Å². The lowest BCUT2D eigenvalue weighted by Crippen LogP contribution is -2.42. The molecule has 1 rings (SSSR count). The zero-order valence-corrected chi connectivity index (χ0v) is 9.59. The van der Waals surface area contributed by atoms with E-state index in [1.54, 1.807) is 0 Å². The monoisotopic (exact) mass is 270 g/mol. The highest BCUT2D eigenvalue weighted by Crippen LogP contribution is 2.12. The molecule has 1 aromatic rings. The number of halogens is 1. The van der Waals surface area contributed by atoms with Crippen molar-refractivity contribution in [3.63, 3.8) is 0 Å². The number of carboxylic acids is 2. The van der Waals surface area contributed by atoms with Gasteiger partial charge >= 0.3 is 11.9 Å². The van der Waals surface area contributed by atoms with Crippen LogP contribution in [0.2, 0.25) is 0 Å². The minimum atomic E-state index is -1.64. The highest BCUT2D eigenvalue weighted by Gasteiger charge is 2.24. The minimum absolute atomic E-state index is 0.106.